The number of nitrogens with zero attached hydrogens (tertiary/aromatic N) is 1. The molecular formula is C41H63N3O6. The molecule has 0 fully saturated rings. The summed E-state index contributed by atoms with van der Waals surface area (Å²) in [6.07, 6.45) is 1.27. The minimum atomic E-state index is -1.11. The molecule has 0 aromatic heterocycles. The van der Waals surface area contributed by atoms with E-state index in [9.17, 15) is 19.2 Å². The number of hydrogen-bond acceptors (Lipinski definition) is 6. The van der Waals surface area contributed by atoms with Crippen LogP contribution in [0, 0.1) is 25.7 Å². The second kappa shape index (κ2) is 18.4. The number of esters is 1. The van der Waals surface area contributed by atoms with Crippen LogP contribution in [0.2, 0.25) is 0 Å². The highest BCUT2D eigenvalue weighted by molar-refractivity contribution is 5.94. The Hall–Kier alpha value is -3.88. The molecule has 278 valence electrons. The molecule has 0 aliphatic rings. The van der Waals surface area contributed by atoms with Crippen molar-refractivity contribution in [2.24, 2.45) is 11.8 Å². The van der Waals surface area contributed by atoms with Crippen molar-refractivity contribution in [1.82, 2.24) is 15.5 Å². The Morgan fingerprint density at radius 1 is 0.740 bits per heavy atom. The Bertz CT molecular complexity index is 1420. The minimum absolute atomic E-state index is 0.0436. The van der Waals surface area contributed by atoms with Crippen LogP contribution in [0.3, 0.4) is 0 Å². The van der Waals surface area contributed by atoms with Crippen molar-refractivity contribution in [2.45, 2.75) is 151 Å². The summed E-state index contributed by atoms with van der Waals surface area (Å²) in [5.74, 6) is -1.06. The van der Waals surface area contributed by atoms with Gasteiger partial charge in [0.2, 0.25) is 11.8 Å². The van der Waals surface area contributed by atoms with E-state index >= 15 is 0 Å². The van der Waals surface area contributed by atoms with Crippen molar-refractivity contribution in [3.63, 3.8) is 0 Å². The van der Waals surface area contributed by atoms with Gasteiger partial charge in [0, 0.05) is 12.5 Å². The van der Waals surface area contributed by atoms with Crippen LogP contribution in [-0.4, -0.2) is 58.1 Å². The smallest absolute Gasteiger partial charge is 0.408 e. The third-order valence-corrected chi connectivity index (χ3v) is 8.13. The second-order valence-electron chi connectivity index (χ2n) is 16.4. The summed E-state index contributed by atoms with van der Waals surface area (Å²) in [4.78, 5) is 58.3. The molecule has 3 amide bonds. The summed E-state index contributed by atoms with van der Waals surface area (Å²) >= 11 is 0. The third kappa shape index (κ3) is 14.2. The van der Waals surface area contributed by atoms with Gasteiger partial charge in [0.15, 0.2) is 0 Å². The highest BCUT2D eigenvalue weighted by atomic mass is 16.6. The predicted molar refractivity (Wildman–Crippen MR) is 200 cm³/mol. The van der Waals surface area contributed by atoms with Crippen LogP contribution >= 0.6 is 0 Å². The van der Waals surface area contributed by atoms with Crippen molar-refractivity contribution in [3.05, 3.63) is 70.8 Å². The van der Waals surface area contributed by atoms with E-state index in [0.717, 1.165) is 23.1 Å². The fourth-order valence-corrected chi connectivity index (χ4v) is 5.77. The first-order chi connectivity index (χ1) is 23.1. The third-order valence-electron chi connectivity index (χ3n) is 8.13. The normalized spacial score (nSPS) is 14.4. The zero-order chi connectivity index (χ0) is 38.0. The lowest BCUT2D eigenvalue weighted by atomic mass is 9.92. The number of carbonyl (C=O) groups excluding carboxylic acids is 4. The summed E-state index contributed by atoms with van der Waals surface area (Å²) in [6.45, 7) is 24.7. The number of carbonyl (C=O) groups is 4. The van der Waals surface area contributed by atoms with E-state index in [1.165, 1.54) is 0 Å². The molecule has 0 saturated carbocycles. The summed E-state index contributed by atoms with van der Waals surface area (Å²) in [5.41, 5.74) is 1.69. The minimum Gasteiger partial charge on any atom is -0.458 e. The van der Waals surface area contributed by atoms with Crippen molar-refractivity contribution in [3.8, 4) is 0 Å². The average molecular weight is 694 g/mol. The van der Waals surface area contributed by atoms with Crippen LogP contribution in [0.4, 0.5) is 4.79 Å². The Balaban J connectivity index is 2.77. The number of ether oxygens (including phenoxy) is 2. The number of nitrogens with one attached hydrogen (secondary N) is 2. The molecule has 0 spiro atoms. The molecule has 50 heavy (non-hydrogen) atoms. The Morgan fingerprint density at radius 3 is 1.88 bits per heavy atom. The van der Waals surface area contributed by atoms with Crippen molar-refractivity contribution < 1.29 is 28.7 Å². The Kier molecular flexibility index (Phi) is 15.5. The summed E-state index contributed by atoms with van der Waals surface area (Å²) in [5, 5.41) is 5.86. The lowest BCUT2D eigenvalue weighted by Crippen LogP contribution is -2.57. The maximum Gasteiger partial charge on any atom is 0.408 e. The first-order valence-corrected chi connectivity index (χ1v) is 18.0. The van der Waals surface area contributed by atoms with Crippen LogP contribution in [0.5, 0.6) is 0 Å². The number of rotatable bonds is 15. The molecule has 0 heterocycles. The van der Waals surface area contributed by atoms with Gasteiger partial charge in [0.05, 0.1) is 0 Å². The van der Waals surface area contributed by atoms with Gasteiger partial charge in [0.25, 0.3) is 0 Å². The van der Waals surface area contributed by atoms with Crippen molar-refractivity contribution in [1.29, 1.82) is 0 Å². The highest BCUT2D eigenvalue weighted by Gasteiger charge is 2.41. The van der Waals surface area contributed by atoms with E-state index in [1.54, 1.807) is 46.4 Å². The second-order valence-corrected chi connectivity index (χ2v) is 16.4. The van der Waals surface area contributed by atoms with Crippen LogP contribution in [0.1, 0.15) is 124 Å². The highest BCUT2D eigenvalue weighted by Crippen LogP contribution is 2.31. The molecule has 4 unspecified atom stereocenters. The van der Waals surface area contributed by atoms with E-state index in [-0.39, 0.29) is 12.3 Å². The SMILES string of the molecule is Cc1ccc(C)c(C(C(=O)NC(Cc2ccccc2)C(=O)OC(C)(C)C)N(C(=O)C(CC(C)C)NC(=O)OC(C)(C)C)C(C)CCC(C)C)c1. The van der Waals surface area contributed by atoms with Gasteiger partial charge in [-0.3, -0.25) is 9.59 Å². The van der Waals surface area contributed by atoms with Crippen LogP contribution < -0.4 is 10.6 Å². The maximum atomic E-state index is 15.0. The van der Waals surface area contributed by atoms with E-state index in [1.807, 2.05) is 83.1 Å². The summed E-state index contributed by atoms with van der Waals surface area (Å²) < 4.78 is 11.4. The topological polar surface area (TPSA) is 114 Å². The largest absolute Gasteiger partial charge is 0.458 e. The number of amides is 3. The van der Waals surface area contributed by atoms with E-state index in [2.05, 4.69) is 24.5 Å². The van der Waals surface area contributed by atoms with Gasteiger partial charge in [-0.1, -0.05) is 81.8 Å². The van der Waals surface area contributed by atoms with Crippen LogP contribution in [-0.2, 0) is 30.3 Å². The zero-order valence-electron chi connectivity index (χ0n) is 32.8. The van der Waals surface area contributed by atoms with Gasteiger partial charge in [-0.15, -0.1) is 0 Å². The first-order valence-electron chi connectivity index (χ1n) is 18.0. The van der Waals surface area contributed by atoms with E-state index in [4.69, 9.17) is 9.47 Å². The van der Waals surface area contributed by atoms with Gasteiger partial charge in [-0.2, -0.15) is 0 Å². The summed E-state index contributed by atoms with van der Waals surface area (Å²) in [7, 11) is 0. The number of hydrogen-bond donors (Lipinski definition) is 2. The molecule has 2 aromatic carbocycles. The Morgan fingerprint density at radius 2 is 1.34 bits per heavy atom. The molecule has 9 nitrogen and oxygen atoms in total. The molecule has 2 N–H and O–H groups in total. The number of alkyl carbamates (subject to hydrolysis) is 1. The molecule has 2 rings (SSSR count). The number of benzene rings is 2. The molecule has 0 saturated heterocycles. The lowest BCUT2D eigenvalue weighted by Gasteiger charge is -2.40. The molecule has 9 heteroatoms. The van der Waals surface area contributed by atoms with Gasteiger partial charge in [-0.05, 0) is 110 Å². The predicted octanol–water partition coefficient (Wildman–Crippen LogP) is 8.01. The van der Waals surface area contributed by atoms with E-state index < -0.39 is 59.2 Å². The Labute approximate surface area is 301 Å². The van der Waals surface area contributed by atoms with Crippen LogP contribution in [0.15, 0.2) is 48.5 Å². The molecule has 0 radical (unpaired) electrons. The fraction of sp³-hybridized carbons (Fsp3) is 0.610. The quantitative estimate of drug-likeness (QED) is 0.183. The van der Waals surface area contributed by atoms with Crippen molar-refractivity contribution >= 4 is 23.9 Å². The van der Waals surface area contributed by atoms with Gasteiger partial charge >= 0.3 is 12.1 Å². The van der Waals surface area contributed by atoms with Crippen LogP contribution in [0.25, 0.3) is 0 Å². The molecular weight excluding hydrogens is 630 g/mol. The molecule has 4 atom stereocenters. The number of aryl methyl sites for hydroxylation is 2. The molecule has 0 aliphatic carbocycles. The van der Waals surface area contributed by atoms with Gasteiger partial charge in [-0.25, -0.2) is 9.59 Å². The lowest BCUT2D eigenvalue weighted by molar-refractivity contribution is -0.159. The molecule has 2 aromatic rings. The van der Waals surface area contributed by atoms with Crippen molar-refractivity contribution in [2.75, 3.05) is 0 Å². The first kappa shape index (κ1) is 42.3. The molecule has 0 aliphatic heterocycles. The van der Waals surface area contributed by atoms with E-state index in [0.29, 0.717) is 24.3 Å². The van der Waals surface area contributed by atoms with Gasteiger partial charge in [0.1, 0.15) is 29.3 Å². The molecule has 0 bridgehead atoms. The average Bonchev–Trinajstić information content (AvgIpc) is 2.97. The monoisotopic (exact) mass is 693 g/mol. The van der Waals surface area contributed by atoms with Gasteiger partial charge < -0.3 is 25.0 Å². The zero-order valence-corrected chi connectivity index (χ0v) is 32.8. The fourth-order valence-electron chi connectivity index (χ4n) is 5.77. The summed E-state index contributed by atoms with van der Waals surface area (Å²) in [6, 6.07) is 11.8. The standard InChI is InChI=1S/C41H63N3O6/c1-26(2)19-22-30(7)44(37(46)33(23-27(3)4)43-39(48)50-41(11,12)13)35(32-24-28(5)20-21-29(32)6)36(45)42-34(38(47)49-40(8,9)10)25-31-17-15-14-16-18-31/h14-18,20-21,24,26-27,30,33-35H,19,22-23,25H2,1-13H3,(H,42,45)(H,43,48). The maximum absolute atomic E-state index is 15.0.